The minimum Gasteiger partial charge on any atom is -0.507 e. The molecule has 1 fully saturated rings. The predicted molar refractivity (Wildman–Crippen MR) is 176 cm³/mol. The Morgan fingerprint density at radius 1 is 1.13 bits per heavy atom. The van der Waals surface area contributed by atoms with E-state index >= 15 is 8.78 Å². The molecule has 13 heteroatoms. The predicted octanol–water partition coefficient (Wildman–Crippen LogP) is 6.42. The van der Waals surface area contributed by atoms with Crippen LogP contribution in [-0.2, 0) is 4.79 Å². The molecule has 1 amide bonds. The van der Waals surface area contributed by atoms with Crippen molar-refractivity contribution in [2.75, 3.05) is 23.7 Å². The monoisotopic (exact) mass is 666 g/mol. The minimum atomic E-state index is -0.882. The highest BCUT2D eigenvalue weighted by molar-refractivity contribution is 7.99. The largest absolute Gasteiger partial charge is 0.507 e. The Balaban J connectivity index is 1.80. The van der Waals surface area contributed by atoms with Crippen molar-refractivity contribution in [3.05, 3.63) is 75.7 Å². The summed E-state index contributed by atoms with van der Waals surface area (Å²) in [6, 6.07) is 3.01. The molecule has 9 nitrogen and oxygen atoms in total. The first-order chi connectivity index (χ1) is 21.9. The van der Waals surface area contributed by atoms with Gasteiger partial charge in [-0.3, -0.25) is 9.36 Å². The van der Waals surface area contributed by atoms with Crippen molar-refractivity contribution in [2.45, 2.75) is 63.4 Å². The van der Waals surface area contributed by atoms with Crippen molar-refractivity contribution in [1.29, 1.82) is 0 Å². The summed E-state index contributed by atoms with van der Waals surface area (Å²) in [5, 5.41) is 10.8. The summed E-state index contributed by atoms with van der Waals surface area (Å²) < 4.78 is 33.7. The Labute approximate surface area is 273 Å². The summed E-state index contributed by atoms with van der Waals surface area (Å²) >= 11 is 8.32. The Morgan fingerprint density at radius 2 is 1.80 bits per heavy atom. The number of nitrogens with zero attached hydrogens (tertiary/aromatic N) is 6. The number of hydrogen-bond donors (Lipinski definition) is 1. The van der Waals surface area contributed by atoms with Crippen LogP contribution in [0.15, 0.2) is 46.9 Å². The Kier molecular flexibility index (Phi) is 8.30. The van der Waals surface area contributed by atoms with Gasteiger partial charge in [0, 0.05) is 30.4 Å². The second kappa shape index (κ2) is 12.0. The zero-order valence-electron chi connectivity index (χ0n) is 26.0. The fourth-order valence-electron chi connectivity index (χ4n) is 6.54. The van der Waals surface area contributed by atoms with Gasteiger partial charge in [0.15, 0.2) is 0 Å². The number of hydrogen-bond acceptors (Lipinski definition) is 8. The van der Waals surface area contributed by atoms with Gasteiger partial charge in [-0.1, -0.05) is 51.9 Å². The summed E-state index contributed by atoms with van der Waals surface area (Å²) in [5.41, 5.74) is 0.0963. The number of fused-ring (bicyclic) bond motifs is 2. The summed E-state index contributed by atoms with van der Waals surface area (Å²) in [6.45, 7) is 13.9. The van der Waals surface area contributed by atoms with Crippen molar-refractivity contribution in [2.24, 2.45) is 0 Å². The number of phenols is 1. The van der Waals surface area contributed by atoms with Crippen molar-refractivity contribution in [3.8, 4) is 22.6 Å². The number of aromatic hydroxyl groups is 1. The smallest absolute Gasteiger partial charge is 0.354 e. The molecule has 1 saturated heterocycles. The van der Waals surface area contributed by atoms with Crippen LogP contribution >= 0.6 is 23.4 Å². The number of phenolic OH excluding ortho intramolecular Hbond substituents is 1. The number of aromatic nitrogens is 4. The van der Waals surface area contributed by atoms with Crippen molar-refractivity contribution >= 4 is 46.0 Å². The number of halogens is 3. The summed E-state index contributed by atoms with van der Waals surface area (Å²) in [5.74, 6) is -2.25. The maximum Gasteiger partial charge on any atom is 0.354 e. The number of benzene rings is 2. The first-order valence-corrected chi connectivity index (χ1v) is 16.4. The SMILES string of the molecule is C=CC(=O)N1CC(C)N2c3nc(=O)n(-c4c(C(C)C)ncnc4C(C)C)c4c(Cl)c(-c5c(O)cccc5F)c(F)c(c34)SCC2C1. The number of amides is 1. The van der Waals surface area contributed by atoms with Crippen molar-refractivity contribution in [3.63, 3.8) is 0 Å². The average Bonchev–Trinajstić information content (AvgIpc) is 3.17. The highest BCUT2D eigenvalue weighted by Crippen LogP contribution is 2.50. The normalized spacial score (nSPS) is 17.9. The number of piperazine rings is 1. The molecule has 4 aromatic rings. The summed E-state index contributed by atoms with van der Waals surface area (Å²) in [7, 11) is 0. The molecule has 2 aliphatic heterocycles. The zero-order valence-corrected chi connectivity index (χ0v) is 27.6. The molecule has 2 unspecified atom stereocenters. The molecule has 2 atom stereocenters. The van der Waals surface area contributed by atoms with E-state index in [9.17, 15) is 14.7 Å². The van der Waals surface area contributed by atoms with Crippen LogP contribution in [0.25, 0.3) is 27.7 Å². The fourth-order valence-corrected chi connectivity index (χ4v) is 8.08. The van der Waals surface area contributed by atoms with Crippen LogP contribution < -0.4 is 10.6 Å². The number of anilines is 1. The van der Waals surface area contributed by atoms with E-state index in [1.54, 1.807) is 4.90 Å². The van der Waals surface area contributed by atoms with Gasteiger partial charge in [0.05, 0.1) is 49.5 Å². The second-order valence-electron chi connectivity index (χ2n) is 12.2. The van der Waals surface area contributed by atoms with Crippen molar-refractivity contribution < 1.29 is 18.7 Å². The zero-order chi connectivity index (χ0) is 33.2. The lowest BCUT2D eigenvalue weighted by Gasteiger charge is -2.45. The maximum atomic E-state index is 17.0. The number of carbonyl (C=O) groups excluding carboxylic acids is 1. The third kappa shape index (κ3) is 4.93. The first-order valence-electron chi connectivity index (χ1n) is 15.0. The van der Waals surface area contributed by atoms with E-state index in [0.717, 1.165) is 6.07 Å². The highest BCUT2D eigenvalue weighted by atomic mass is 35.5. The molecular weight excluding hydrogens is 634 g/mol. The van der Waals surface area contributed by atoms with Gasteiger partial charge in [0.1, 0.15) is 29.5 Å². The van der Waals surface area contributed by atoms with E-state index in [2.05, 4.69) is 21.5 Å². The van der Waals surface area contributed by atoms with Gasteiger partial charge >= 0.3 is 5.69 Å². The van der Waals surface area contributed by atoms with Crippen LogP contribution in [0, 0.1) is 11.6 Å². The molecule has 1 N–H and O–H groups in total. The quantitative estimate of drug-likeness (QED) is 0.243. The summed E-state index contributed by atoms with van der Waals surface area (Å²) in [4.78, 5) is 44.5. The van der Waals surface area contributed by atoms with Crippen LogP contribution in [-0.4, -0.2) is 66.4 Å². The Bertz CT molecular complexity index is 1940. The average molecular weight is 667 g/mol. The molecule has 6 rings (SSSR count). The Morgan fingerprint density at radius 3 is 2.41 bits per heavy atom. The molecule has 0 spiro atoms. The van der Waals surface area contributed by atoms with Gasteiger partial charge in [0.25, 0.3) is 0 Å². The van der Waals surface area contributed by atoms with Gasteiger partial charge in [0.2, 0.25) is 5.91 Å². The molecule has 2 aliphatic rings. The van der Waals surface area contributed by atoms with Crippen LogP contribution in [0.3, 0.4) is 0 Å². The van der Waals surface area contributed by atoms with E-state index < -0.39 is 28.6 Å². The van der Waals surface area contributed by atoms with E-state index in [-0.39, 0.29) is 62.0 Å². The molecule has 0 bridgehead atoms. The lowest BCUT2D eigenvalue weighted by molar-refractivity contribution is -0.127. The lowest BCUT2D eigenvalue weighted by Crippen LogP contribution is -2.60. The molecular formula is C33H33ClF2N6O3S. The van der Waals surface area contributed by atoms with E-state index in [1.165, 1.54) is 40.9 Å². The second-order valence-corrected chi connectivity index (χ2v) is 13.6. The minimum absolute atomic E-state index is 0.102. The van der Waals surface area contributed by atoms with Gasteiger partial charge in [-0.25, -0.2) is 23.5 Å². The number of thioether (sulfide) groups is 1. The van der Waals surface area contributed by atoms with Gasteiger partial charge in [-0.2, -0.15) is 4.98 Å². The molecule has 4 heterocycles. The number of carbonyl (C=O) groups is 1. The maximum absolute atomic E-state index is 17.0. The lowest BCUT2D eigenvalue weighted by atomic mass is 9.98. The fraction of sp³-hybridized carbons (Fsp3) is 0.364. The van der Waals surface area contributed by atoms with E-state index in [1.807, 2.05) is 39.5 Å². The van der Waals surface area contributed by atoms with Gasteiger partial charge < -0.3 is 14.9 Å². The van der Waals surface area contributed by atoms with Crippen LogP contribution in [0.1, 0.15) is 57.8 Å². The Hall–Kier alpha value is -4.03. The van der Waals surface area contributed by atoms with Gasteiger partial charge in [-0.15, -0.1) is 11.8 Å². The van der Waals surface area contributed by atoms with Crippen LogP contribution in [0.2, 0.25) is 5.02 Å². The van der Waals surface area contributed by atoms with E-state index in [0.29, 0.717) is 35.9 Å². The number of rotatable bonds is 5. The molecule has 46 heavy (non-hydrogen) atoms. The highest BCUT2D eigenvalue weighted by Gasteiger charge is 2.41. The van der Waals surface area contributed by atoms with Crippen molar-refractivity contribution in [1.82, 2.24) is 24.4 Å². The molecule has 0 aliphatic carbocycles. The van der Waals surface area contributed by atoms with Crippen LogP contribution in [0.5, 0.6) is 5.75 Å². The van der Waals surface area contributed by atoms with Gasteiger partial charge in [-0.05, 0) is 37.0 Å². The summed E-state index contributed by atoms with van der Waals surface area (Å²) in [6.07, 6.45) is 2.70. The molecule has 0 radical (unpaired) electrons. The molecule has 240 valence electrons. The third-order valence-corrected chi connectivity index (χ3v) is 10.1. The molecule has 2 aromatic carbocycles. The first kappa shape index (κ1) is 31.9. The molecule has 2 aromatic heterocycles. The topological polar surface area (TPSA) is 104 Å². The third-order valence-electron chi connectivity index (χ3n) is 8.52. The van der Waals surface area contributed by atoms with Crippen LogP contribution in [0.4, 0.5) is 14.6 Å². The standard InChI is InChI=1S/C33H33ClF2N6O3S/c1-7-21(44)40-11-17(6)41-18(12-40)13-46-31-24-29(25(34)23(26(31)36)22-19(35)9-8-10-20(22)43)42(33(45)39-32(24)41)30-27(15(2)3)37-14-38-28(30)16(4)5/h7-10,14-18,43H,1,11-13H2,2-6H3. The van der Waals surface area contributed by atoms with E-state index in [4.69, 9.17) is 11.6 Å². The molecule has 0 saturated carbocycles.